The van der Waals surface area contributed by atoms with Crippen LogP contribution in [-0.4, -0.2) is 11.7 Å². The van der Waals surface area contributed by atoms with Crippen LogP contribution in [0, 0.1) is 5.92 Å². The lowest BCUT2D eigenvalue weighted by Crippen LogP contribution is -1.92. The SMILES string of the molecule is CC.CCC(C)CCCCCO. The van der Waals surface area contributed by atoms with Crippen LogP contribution in [0.4, 0.5) is 0 Å². The van der Waals surface area contributed by atoms with Crippen molar-refractivity contribution in [3.63, 3.8) is 0 Å². The molecule has 0 aromatic heterocycles. The lowest BCUT2D eigenvalue weighted by molar-refractivity contribution is 0.280. The fraction of sp³-hybridized carbons (Fsp3) is 1.00. The summed E-state index contributed by atoms with van der Waals surface area (Å²) in [4.78, 5) is 0. The quantitative estimate of drug-likeness (QED) is 0.610. The van der Waals surface area contributed by atoms with Gasteiger partial charge in [0, 0.05) is 6.61 Å². The predicted octanol–water partition coefficient (Wildman–Crippen LogP) is 3.61. The molecule has 0 fully saturated rings. The van der Waals surface area contributed by atoms with Gasteiger partial charge in [-0.05, 0) is 12.3 Å². The van der Waals surface area contributed by atoms with Gasteiger partial charge in [-0.3, -0.25) is 0 Å². The molecule has 0 aliphatic carbocycles. The van der Waals surface area contributed by atoms with Gasteiger partial charge in [-0.2, -0.15) is 0 Å². The fourth-order valence-corrected chi connectivity index (χ4v) is 0.986. The second-order valence-corrected chi connectivity index (χ2v) is 3.09. The molecule has 76 valence electrons. The Morgan fingerprint density at radius 1 is 1.08 bits per heavy atom. The van der Waals surface area contributed by atoms with Crippen molar-refractivity contribution in [2.24, 2.45) is 5.92 Å². The van der Waals surface area contributed by atoms with Gasteiger partial charge < -0.3 is 5.11 Å². The van der Waals surface area contributed by atoms with Gasteiger partial charge in [0.1, 0.15) is 0 Å². The monoisotopic (exact) mass is 174 g/mol. The molecular formula is C11H26O. The minimum absolute atomic E-state index is 0.362. The first-order valence-corrected chi connectivity index (χ1v) is 5.42. The number of hydrogen-bond acceptors (Lipinski definition) is 1. The number of rotatable bonds is 6. The molecule has 12 heavy (non-hydrogen) atoms. The Balaban J connectivity index is 0. The largest absolute Gasteiger partial charge is 0.396 e. The van der Waals surface area contributed by atoms with Gasteiger partial charge in [0.25, 0.3) is 0 Å². The van der Waals surface area contributed by atoms with Crippen LogP contribution in [0.25, 0.3) is 0 Å². The molecule has 0 aliphatic heterocycles. The molecule has 0 amide bonds. The van der Waals surface area contributed by atoms with Crippen molar-refractivity contribution in [1.29, 1.82) is 0 Å². The highest BCUT2D eigenvalue weighted by Crippen LogP contribution is 2.11. The van der Waals surface area contributed by atoms with E-state index < -0.39 is 0 Å². The Hall–Kier alpha value is -0.0400. The van der Waals surface area contributed by atoms with Crippen molar-refractivity contribution in [1.82, 2.24) is 0 Å². The summed E-state index contributed by atoms with van der Waals surface area (Å²) >= 11 is 0. The molecule has 1 N–H and O–H groups in total. The van der Waals surface area contributed by atoms with E-state index in [0.29, 0.717) is 6.61 Å². The number of aliphatic hydroxyl groups is 1. The van der Waals surface area contributed by atoms with Crippen LogP contribution in [0.5, 0.6) is 0 Å². The molecule has 0 aromatic rings. The molecule has 0 heterocycles. The standard InChI is InChI=1S/C9H20O.C2H6/c1-3-9(2)7-5-4-6-8-10;1-2/h9-10H,3-8H2,1-2H3;1-2H3. The third kappa shape index (κ3) is 12.6. The van der Waals surface area contributed by atoms with Crippen molar-refractivity contribution in [2.75, 3.05) is 6.61 Å². The Morgan fingerprint density at radius 2 is 1.67 bits per heavy atom. The van der Waals surface area contributed by atoms with Crippen LogP contribution < -0.4 is 0 Å². The molecular weight excluding hydrogens is 148 g/mol. The third-order valence-electron chi connectivity index (χ3n) is 2.05. The van der Waals surface area contributed by atoms with Crippen LogP contribution in [0.1, 0.15) is 59.8 Å². The van der Waals surface area contributed by atoms with E-state index in [4.69, 9.17) is 5.11 Å². The summed E-state index contributed by atoms with van der Waals surface area (Å²) in [6.07, 6.45) is 6.09. The summed E-state index contributed by atoms with van der Waals surface area (Å²) in [5.41, 5.74) is 0. The first kappa shape index (κ1) is 14.5. The summed E-state index contributed by atoms with van der Waals surface area (Å²) in [5, 5.41) is 8.49. The first-order chi connectivity index (χ1) is 5.81. The molecule has 0 radical (unpaired) electrons. The lowest BCUT2D eigenvalue weighted by Gasteiger charge is -2.06. The zero-order chi connectivity index (χ0) is 9.82. The zero-order valence-corrected chi connectivity index (χ0v) is 9.27. The van der Waals surface area contributed by atoms with E-state index in [1.54, 1.807) is 0 Å². The van der Waals surface area contributed by atoms with Crippen molar-refractivity contribution >= 4 is 0 Å². The maximum atomic E-state index is 8.49. The van der Waals surface area contributed by atoms with Crippen LogP contribution >= 0.6 is 0 Å². The van der Waals surface area contributed by atoms with Gasteiger partial charge in [-0.1, -0.05) is 53.4 Å². The van der Waals surface area contributed by atoms with Crippen LogP contribution in [-0.2, 0) is 0 Å². The lowest BCUT2D eigenvalue weighted by atomic mass is 10.0. The molecule has 0 bridgehead atoms. The molecule has 1 unspecified atom stereocenters. The van der Waals surface area contributed by atoms with E-state index in [0.717, 1.165) is 12.3 Å². The van der Waals surface area contributed by atoms with E-state index in [2.05, 4.69) is 13.8 Å². The van der Waals surface area contributed by atoms with Gasteiger partial charge in [-0.25, -0.2) is 0 Å². The molecule has 0 aliphatic rings. The average molecular weight is 174 g/mol. The maximum Gasteiger partial charge on any atom is 0.0431 e. The smallest absolute Gasteiger partial charge is 0.0431 e. The molecule has 0 aromatic carbocycles. The summed E-state index contributed by atoms with van der Waals surface area (Å²) in [7, 11) is 0. The minimum Gasteiger partial charge on any atom is -0.396 e. The van der Waals surface area contributed by atoms with Crippen LogP contribution in [0.15, 0.2) is 0 Å². The Labute approximate surface area is 78.2 Å². The van der Waals surface area contributed by atoms with Gasteiger partial charge in [0.05, 0.1) is 0 Å². The summed E-state index contributed by atoms with van der Waals surface area (Å²) in [6.45, 7) is 8.89. The molecule has 0 rings (SSSR count). The van der Waals surface area contributed by atoms with E-state index in [9.17, 15) is 0 Å². The average Bonchev–Trinajstić information content (AvgIpc) is 2.15. The second kappa shape index (κ2) is 13.5. The normalized spacial score (nSPS) is 11.8. The summed E-state index contributed by atoms with van der Waals surface area (Å²) in [6, 6.07) is 0. The highest BCUT2D eigenvalue weighted by Gasteiger charge is 1.96. The molecule has 1 heteroatoms. The van der Waals surface area contributed by atoms with E-state index in [-0.39, 0.29) is 0 Å². The second-order valence-electron chi connectivity index (χ2n) is 3.09. The highest BCUT2D eigenvalue weighted by atomic mass is 16.2. The van der Waals surface area contributed by atoms with Crippen LogP contribution in [0.3, 0.4) is 0 Å². The van der Waals surface area contributed by atoms with Crippen molar-refractivity contribution < 1.29 is 5.11 Å². The molecule has 0 saturated carbocycles. The number of aliphatic hydroxyl groups excluding tert-OH is 1. The van der Waals surface area contributed by atoms with E-state index >= 15 is 0 Å². The van der Waals surface area contributed by atoms with Crippen LogP contribution in [0.2, 0.25) is 0 Å². The zero-order valence-electron chi connectivity index (χ0n) is 9.27. The summed E-state index contributed by atoms with van der Waals surface area (Å²) in [5.74, 6) is 0.874. The number of hydrogen-bond donors (Lipinski definition) is 1. The summed E-state index contributed by atoms with van der Waals surface area (Å²) < 4.78 is 0. The Kier molecular flexibility index (Phi) is 16.3. The Morgan fingerprint density at radius 3 is 2.08 bits per heavy atom. The molecule has 1 nitrogen and oxygen atoms in total. The van der Waals surface area contributed by atoms with Gasteiger partial charge in [-0.15, -0.1) is 0 Å². The van der Waals surface area contributed by atoms with E-state index in [1.807, 2.05) is 13.8 Å². The van der Waals surface area contributed by atoms with Gasteiger partial charge >= 0.3 is 0 Å². The maximum absolute atomic E-state index is 8.49. The van der Waals surface area contributed by atoms with Crippen molar-refractivity contribution in [3.8, 4) is 0 Å². The van der Waals surface area contributed by atoms with Gasteiger partial charge in [0.15, 0.2) is 0 Å². The van der Waals surface area contributed by atoms with Crippen molar-refractivity contribution in [3.05, 3.63) is 0 Å². The Bertz CT molecular complexity index is 62.0. The molecule has 1 atom stereocenters. The highest BCUT2D eigenvalue weighted by molar-refractivity contribution is 4.50. The third-order valence-corrected chi connectivity index (χ3v) is 2.05. The number of unbranched alkanes of at least 4 members (excludes halogenated alkanes) is 2. The minimum atomic E-state index is 0.362. The molecule has 0 saturated heterocycles. The fourth-order valence-electron chi connectivity index (χ4n) is 0.986. The predicted molar refractivity (Wildman–Crippen MR) is 56.4 cm³/mol. The van der Waals surface area contributed by atoms with E-state index in [1.165, 1.54) is 25.7 Å². The van der Waals surface area contributed by atoms with Gasteiger partial charge in [0.2, 0.25) is 0 Å². The molecule has 0 spiro atoms. The first-order valence-electron chi connectivity index (χ1n) is 5.42. The van der Waals surface area contributed by atoms with Crippen molar-refractivity contribution in [2.45, 2.75) is 59.8 Å². The topological polar surface area (TPSA) is 20.2 Å².